The van der Waals surface area contributed by atoms with Crippen LogP contribution in [0.5, 0.6) is 0 Å². The summed E-state index contributed by atoms with van der Waals surface area (Å²) < 4.78 is 20.8. The van der Waals surface area contributed by atoms with Crippen molar-refractivity contribution in [3.05, 3.63) is 28.4 Å². The summed E-state index contributed by atoms with van der Waals surface area (Å²) in [5.41, 5.74) is -2.52. The molecule has 0 spiro atoms. The van der Waals surface area contributed by atoms with Gasteiger partial charge in [-0.3, -0.25) is 4.57 Å². The first kappa shape index (κ1) is 14.7. The molecule has 0 aliphatic carbocycles. The monoisotopic (exact) mass is 282 g/mol. The zero-order valence-electron chi connectivity index (χ0n) is 11.0. The van der Waals surface area contributed by atoms with Crippen LogP contribution < -0.4 is 5.69 Å². The van der Waals surface area contributed by atoms with Crippen molar-refractivity contribution in [3.63, 3.8) is 0 Å². The Morgan fingerprint density at radius 3 is 2.90 bits per heavy atom. The summed E-state index contributed by atoms with van der Waals surface area (Å²) in [5, 5.41) is 19.5. The van der Waals surface area contributed by atoms with Crippen LogP contribution >= 0.6 is 0 Å². The molecule has 0 aromatic carbocycles. The molecule has 5 atom stereocenters. The number of aromatic nitrogens is 2. The van der Waals surface area contributed by atoms with E-state index in [4.69, 9.17) is 11.2 Å². The van der Waals surface area contributed by atoms with Gasteiger partial charge in [-0.05, 0) is 19.9 Å². The van der Waals surface area contributed by atoms with E-state index in [1.54, 1.807) is 6.92 Å². The second-order valence-corrected chi connectivity index (χ2v) is 4.92. The number of terminal acetylenes is 1. The van der Waals surface area contributed by atoms with Gasteiger partial charge in [-0.15, -0.1) is 6.42 Å². The van der Waals surface area contributed by atoms with Crippen LogP contribution in [0.15, 0.2) is 17.1 Å². The highest BCUT2D eigenvalue weighted by Gasteiger charge is 2.57. The highest BCUT2D eigenvalue weighted by molar-refractivity contribution is 5.10. The molecule has 0 saturated carbocycles. The van der Waals surface area contributed by atoms with Gasteiger partial charge in [0.2, 0.25) is 0 Å². The zero-order chi connectivity index (χ0) is 15.1. The maximum atomic E-state index is 14.6. The number of alkyl halides is 1. The molecule has 1 aliphatic rings. The Labute approximate surface area is 114 Å². The molecule has 0 amide bonds. The molecule has 2 heterocycles. The molecule has 0 radical (unpaired) electrons. The molecule has 1 aliphatic heterocycles. The molecule has 7 heteroatoms. The number of hydrogen-bond acceptors (Lipinski definition) is 5. The van der Waals surface area contributed by atoms with E-state index in [2.05, 4.69) is 4.98 Å². The van der Waals surface area contributed by atoms with E-state index >= 15 is 0 Å². The van der Waals surface area contributed by atoms with Crippen molar-refractivity contribution in [2.45, 2.75) is 44.1 Å². The highest BCUT2D eigenvalue weighted by Crippen LogP contribution is 2.41. The third-order valence-corrected chi connectivity index (χ3v) is 3.36. The average molecular weight is 282 g/mol. The van der Waals surface area contributed by atoms with Crippen LogP contribution in [0.4, 0.5) is 4.39 Å². The van der Waals surface area contributed by atoms with Gasteiger partial charge in [0.05, 0.1) is 0 Å². The predicted molar refractivity (Wildman–Crippen MR) is 67.5 cm³/mol. The molecule has 6 nitrogen and oxygen atoms in total. The Bertz CT molecular complexity index is 607. The summed E-state index contributed by atoms with van der Waals surface area (Å²) >= 11 is 0. The minimum atomic E-state index is -2.29. The molecule has 1 saturated heterocycles. The SMILES string of the molecule is C#C[C@@H](O)[C@H]1O[C@@H](n2ccc(C)nc2=O)[C@@](C)(F)[C@@H]1O. The van der Waals surface area contributed by atoms with Crippen LogP contribution in [0.1, 0.15) is 18.8 Å². The van der Waals surface area contributed by atoms with Crippen LogP contribution in [0, 0.1) is 19.3 Å². The number of rotatable bonds is 2. The lowest BCUT2D eigenvalue weighted by molar-refractivity contribution is -0.0737. The Morgan fingerprint density at radius 1 is 1.70 bits per heavy atom. The predicted octanol–water partition coefficient (Wildman–Crippen LogP) is -0.468. The van der Waals surface area contributed by atoms with Gasteiger partial charge < -0.3 is 14.9 Å². The Morgan fingerprint density at radius 2 is 2.35 bits per heavy atom. The van der Waals surface area contributed by atoms with E-state index in [1.807, 2.05) is 5.92 Å². The molecular formula is C13H15FN2O4. The van der Waals surface area contributed by atoms with Gasteiger partial charge >= 0.3 is 5.69 Å². The van der Waals surface area contributed by atoms with Gasteiger partial charge in [-0.2, -0.15) is 4.98 Å². The van der Waals surface area contributed by atoms with Crippen molar-refractivity contribution in [1.29, 1.82) is 0 Å². The minimum Gasteiger partial charge on any atom is -0.387 e. The second kappa shape index (κ2) is 4.98. The van der Waals surface area contributed by atoms with Crippen LogP contribution in [0.25, 0.3) is 0 Å². The summed E-state index contributed by atoms with van der Waals surface area (Å²) in [6, 6.07) is 1.51. The summed E-state index contributed by atoms with van der Waals surface area (Å²) in [7, 11) is 0. The third-order valence-electron chi connectivity index (χ3n) is 3.36. The number of nitrogens with zero attached hydrogens (tertiary/aromatic N) is 2. The average Bonchev–Trinajstić information content (AvgIpc) is 2.61. The molecule has 2 rings (SSSR count). The molecule has 0 unspecified atom stereocenters. The minimum absolute atomic E-state index is 0.477. The van der Waals surface area contributed by atoms with Gasteiger partial charge in [0.15, 0.2) is 11.9 Å². The molecule has 1 fully saturated rings. The van der Waals surface area contributed by atoms with E-state index in [1.165, 1.54) is 12.3 Å². The Hall–Kier alpha value is -1.75. The number of aliphatic hydroxyl groups is 2. The summed E-state index contributed by atoms with van der Waals surface area (Å²) in [6.45, 7) is 2.70. The highest BCUT2D eigenvalue weighted by atomic mass is 19.1. The smallest absolute Gasteiger partial charge is 0.349 e. The first-order valence-corrected chi connectivity index (χ1v) is 6.01. The quantitative estimate of drug-likeness (QED) is 0.717. The second-order valence-electron chi connectivity index (χ2n) is 4.92. The van der Waals surface area contributed by atoms with Crippen LogP contribution in [-0.4, -0.2) is 43.7 Å². The lowest BCUT2D eigenvalue weighted by atomic mass is 9.96. The summed E-state index contributed by atoms with van der Waals surface area (Å²) in [5.74, 6) is 1.97. The van der Waals surface area contributed by atoms with Crippen molar-refractivity contribution in [2.24, 2.45) is 0 Å². The number of halogens is 1. The van der Waals surface area contributed by atoms with Crippen LogP contribution in [0.2, 0.25) is 0 Å². The van der Waals surface area contributed by atoms with E-state index in [9.17, 15) is 19.4 Å². The van der Waals surface area contributed by atoms with Gasteiger partial charge in [-0.1, -0.05) is 5.92 Å². The van der Waals surface area contributed by atoms with Gasteiger partial charge in [0, 0.05) is 11.9 Å². The fraction of sp³-hybridized carbons (Fsp3) is 0.538. The lowest BCUT2D eigenvalue weighted by Crippen LogP contribution is -2.44. The van der Waals surface area contributed by atoms with Gasteiger partial charge in [0.25, 0.3) is 0 Å². The number of aliphatic hydroxyl groups excluding tert-OH is 2. The van der Waals surface area contributed by atoms with Gasteiger partial charge in [0.1, 0.15) is 18.3 Å². The summed E-state index contributed by atoms with van der Waals surface area (Å²) in [6.07, 6.45) is 0.510. The molecule has 108 valence electrons. The van der Waals surface area contributed by atoms with E-state index < -0.39 is 35.9 Å². The summed E-state index contributed by atoms with van der Waals surface area (Å²) in [4.78, 5) is 15.5. The van der Waals surface area contributed by atoms with Crippen molar-refractivity contribution < 1.29 is 19.3 Å². The van der Waals surface area contributed by atoms with Gasteiger partial charge in [-0.25, -0.2) is 9.18 Å². The number of hydrogen-bond donors (Lipinski definition) is 2. The number of aryl methyl sites for hydroxylation is 1. The molecular weight excluding hydrogens is 267 g/mol. The molecule has 20 heavy (non-hydrogen) atoms. The first-order chi connectivity index (χ1) is 9.28. The Kier molecular flexibility index (Phi) is 3.65. The fourth-order valence-corrected chi connectivity index (χ4v) is 2.18. The van der Waals surface area contributed by atoms with Crippen molar-refractivity contribution in [3.8, 4) is 12.3 Å². The van der Waals surface area contributed by atoms with E-state index in [0.717, 1.165) is 11.5 Å². The van der Waals surface area contributed by atoms with Crippen molar-refractivity contribution in [1.82, 2.24) is 9.55 Å². The molecule has 1 aromatic heterocycles. The van der Waals surface area contributed by atoms with Crippen molar-refractivity contribution in [2.75, 3.05) is 0 Å². The lowest BCUT2D eigenvalue weighted by Gasteiger charge is -2.24. The number of ether oxygens (including phenoxy) is 1. The topological polar surface area (TPSA) is 84.6 Å². The maximum absolute atomic E-state index is 14.6. The van der Waals surface area contributed by atoms with Crippen LogP contribution in [0.3, 0.4) is 0 Å². The van der Waals surface area contributed by atoms with Crippen LogP contribution in [-0.2, 0) is 4.74 Å². The normalized spacial score (nSPS) is 34.7. The Balaban J connectivity index is 2.42. The standard InChI is InChI=1S/C13H15FN2O4/c1-4-8(17)9-10(18)13(3,14)11(20-9)16-6-5-7(2)15-12(16)19/h1,5-6,8-11,17-18H,2-3H3/t8-,9-,10-,11-,13+/m1/s1. The first-order valence-electron chi connectivity index (χ1n) is 6.01. The molecule has 1 aromatic rings. The third kappa shape index (κ3) is 2.22. The largest absolute Gasteiger partial charge is 0.387 e. The van der Waals surface area contributed by atoms with Crippen molar-refractivity contribution >= 4 is 0 Å². The van der Waals surface area contributed by atoms with E-state index in [-0.39, 0.29) is 0 Å². The molecule has 0 bridgehead atoms. The fourth-order valence-electron chi connectivity index (χ4n) is 2.18. The molecule has 2 N–H and O–H groups in total. The maximum Gasteiger partial charge on any atom is 0.349 e. The van der Waals surface area contributed by atoms with E-state index in [0.29, 0.717) is 5.69 Å². The zero-order valence-corrected chi connectivity index (χ0v) is 11.0.